The number of aliphatic hydroxyl groups is 1. The van der Waals surface area contributed by atoms with Gasteiger partial charge in [0.05, 0.1) is 20.3 Å². The molecule has 0 spiro atoms. The lowest BCUT2D eigenvalue weighted by atomic mass is 9.97. The Balaban J connectivity index is 3.02. The topological polar surface area (TPSA) is 38.7 Å². The lowest BCUT2D eigenvalue weighted by Gasteiger charge is -2.17. The van der Waals surface area contributed by atoms with E-state index in [9.17, 15) is 5.11 Å². The molecule has 0 fully saturated rings. The molecule has 2 unspecified atom stereocenters. The molecular formula is C13H18O3. The second kappa shape index (κ2) is 5.56. The summed E-state index contributed by atoms with van der Waals surface area (Å²) < 4.78 is 10.3. The van der Waals surface area contributed by atoms with Crippen molar-refractivity contribution in [3.8, 4) is 11.5 Å². The summed E-state index contributed by atoms with van der Waals surface area (Å²) >= 11 is 0. The smallest absolute Gasteiger partial charge is 0.161 e. The SMILES string of the molecule is C=CC(C)C(O)c1ccc(OC)c(OC)c1. The first kappa shape index (κ1) is 12.6. The van der Waals surface area contributed by atoms with Crippen LogP contribution in [0.25, 0.3) is 0 Å². The van der Waals surface area contributed by atoms with E-state index in [1.165, 1.54) is 0 Å². The normalized spacial score (nSPS) is 14.0. The molecule has 1 aromatic carbocycles. The van der Waals surface area contributed by atoms with Gasteiger partial charge in [-0.2, -0.15) is 0 Å². The molecule has 16 heavy (non-hydrogen) atoms. The standard InChI is InChI=1S/C13H18O3/c1-5-9(2)13(14)10-6-7-11(15-3)12(8-10)16-4/h5-9,13-14H,1H2,2-4H3. The van der Waals surface area contributed by atoms with Crippen molar-refractivity contribution in [2.45, 2.75) is 13.0 Å². The van der Waals surface area contributed by atoms with Gasteiger partial charge in [0.1, 0.15) is 0 Å². The number of methoxy groups -OCH3 is 2. The zero-order valence-corrected chi connectivity index (χ0v) is 9.93. The fourth-order valence-electron chi connectivity index (χ4n) is 1.47. The van der Waals surface area contributed by atoms with Crippen LogP contribution in [0.1, 0.15) is 18.6 Å². The first-order valence-electron chi connectivity index (χ1n) is 5.16. The summed E-state index contributed by atoms with van der Waals surface area (Å²) in [5.41, 5.74) is 0.796. The molecule has 3 heteroatoms. The third-order valence-corrected chi connectivity index (χ3v) is 2.62. The average Bonchev–Trinajstić information content (AvgIpc) is 2.35. The summed E-state index contributed by atoms with van der Waals surface area (Å²) in [6, 6.07) is 5.39. The van der Waals surface area contributed by atoms with Crippen molar-refractivity contribution in [2.75, 3.05) is 14.2 Å². The van der Waals surface area contributed by atoms with Gasteiger partial charge in [0.15, 0.2) is 11.5 Å². The Kier molecular flexibility index (Phi) is 4.38. The summed E-state index contributed by atoms with van der Waals surface area (Å²) in [5, 5.41) is 10.0. The maximum atomic E-state index is 10.0. The van der Waals surface area contributed by atoms with Crippen LogP contribution < -0.4 is 9.47 Å². The molecule has 0 aliphatic rings. The minimum Gasteiger partial charge on any atom is -0.493 e. The van der Waals surface area contributed by atoms with E-state index < -0.39 is 6.10 Å². The van der Waals surface area contributed by atoms with Crippen molar-refractivity contribution in [2.24, 2.45) is 5.92 Å². The van der Waals surface area contributed by atoms with Crippen LogP contribution in [0.2, 0.25) is 0 Å². The van der Waals surface area contributed by atoms with Crippen LogP contribution in [0.4, 0.5) is 0 Å². The minimum atomic E-state index is -0.572. The molecule has 0 saturated carbocycles. The molecule has 0 amide bonds. The first-order valence-corrected chi connectivity index (χ1v) is 5.16. The zero-order valence-electron chi connectivity index (χ0n) is 9.93. The van der Waals surface area contributed by atoms with Gasteiger partial charge in [0.25, 0.3) is 0 Å². The van der Waals surface area contributed by atoms with E-state index in [0.29, 0.717) is 11.5 Å². The third kappa shape index (κ3) is 2.55. The summed E-state index contributed by atoms with van der Waals surface area (Å²) in [4.78, 5) is 0. The molecule has 1 N–H and O–H groups in total. The molecule has 0 bridgehead atoms. The Morgan fingerprint density at radius 2 is 1.88 bits per heavy atom. The monoisotopic (exact) mass is 222 g/mol. The van der Waals surface area contributed by atoms with E-state index in [2.05, 4.69) is 6.58 Å². The molecule has 88 valence electrons. The van der Waals surface area contributed by atoms with Crippen LogP contribution in [0.3, 0.4) is 0 Å². The highest BCUT2D eigenvalue weighted by Gasteiger charge is 2.15. The number of hydrogen-bond donors (Lipinski definition) is 1. The molecule has 1 rings (SSSR count). The van der Waals surface area contributed by atoms with Crippen LogP contribution in [0, 0.1) is 5.92 Å². The van der Waals surface area contributed by atoms with Gasteiger partial charge in [0, 0.05) is 5.92 Å². The van der Waals surface area contributed by atoms with E-state index in [-0.39, 0.29) is 5.92 Å². The van der Waals surface area contributed by atoms with Crippen LogP contribution in [0.5, 0.6) is 11.5 Å². The van der Waals surface area contributed by atoms with Gasteiger partial charge in [-0.15, -0.1) is 6.58 Å². The van der Waals surface area contributed by atoms with Gasteiger partial charge < -0.3 is 14.6 Å². The maximum Gasteiger partial charge on any atom is 0.161 e. The number of benzene rings is 1. The van der Waals surface area contributed by atoms with E-state index in [0.717, 1.165) is 5.56 Å². The molecule has 0 aromatic heterocycles. The third-order valence-electron chi connectivity index (χ3n) is 2.62. The van der Waals surface area contributed by atoms with E-state index in [4.69, 9.17) is 9.47 Å². The van der Waals surface area contributed by atoms with Gasteiger partial charge in [-0.25, -0.2) is 0 Å². The van der Waals surface area contributed by atoms with Crippen LogP contribution in [-0.4, -0.2) is 19.3 Å². The Morgan fingerprint density at radius 3 is 2.38 bits per heavy atom. The molecular weight excluding hydrogens is 204 g/mol. The van der Waals surface area contributed by atoms with E-state index >= 15 is 0 Å². The summed E-state index contributed by atoms with van der Waals surface area (Å²) in [6.07, 6.45) is 1.15. The number of aliphatic hydroxyl groups excluding tert-OH is 1. The van der Waals surface area contributed by atoms with Crippen molar-refractivity contribution in [3.05, 3.63) is 36.4 Å². The summed E-state index contributed by atoms with van der Waals surface area (Å²) in [6.45, 7) is 5.58. The first-order chi connectivity index (χ1) is 7.63. The van der Waals surface area contributed by atoms with Crippen molar-refractivity contribution < 1.29 is 14.6 Å². The number of ether oxygens (including phenoxy) is 2. The summed E-state index contributed by atoms with van der Waals surface area (Å²) in [7, 11) is 3.16. The largest absolute Gasteiger partial charge is 0.493 e. The predicted octanol–water partition coefficient (Wildman–Crippen LogP) is 2.56. The number of rotatable bonds is 5. The van der Waals surface area contributed by atoms with Crippen molar-refractivity contribution >= 4 is 0 Å². The highest BCUT2D eigenvalue weighted by molar-refractivity contribution is 5.43. The van der Waals surface area contributed by atoms with E-state index in [1.54, 1.807) is 32.4 Å². The van der Waals surface area contributed by atoms with Gasteiger partial charge in [0.2, 0.25) is 0 Å². The molecule has 0 aliphatic carbocycles. The van der Waals surface area contributed by atoms with Crippen molar-refractivity contribution in [1.82, 2.24) is 0 Å². The Bertz CT molecular complexity index is 360. The van der Waals surface area contributed by atoms with Gasteiger partial charge >= 0.3 is 0 Å². The molecule has 0 aliphatic heterocycles. The van der Waals surface area contributed by atoms with Crippen LogP contribution >= 0.6 is 0 Å². The molecule has 0 radical (unpaired) electrons. The second-order valence-electron chi connectivity index (χ2n) is 3.65. The zero-order chi connectivity index (χ0) is 12.1. The van der Waals surface area contributed by atoms with E-state index in [1.807, 2.05) is 13.0 Å². The fraction of sp³-hybridized carbons (Fsp3) is 0.385. The molecule has 1 aromatic rings. The molecule has 0 saturated heterocycles. The van der Waals surface area contributed by atoms with Crippen molar-refractivity contribution in [1.29, 1.82) is 0 Å². The highest BCUT2D eigenvalue weighted by Crippen LogP contribution is 2.32. The predicted molar refractivity (Wildman–Crippen MR) is 63.9 cm³/mol. The second-order valence-corrected chi connectivity index (χ2v) is 3.65. The minimum absolute atomic E-state index is 0.00176. The highest BCUT2D eigenvalue weighted by atomic mass is 16.5. The maximum absolute atomic E-state index is 10.0. The molecule has 0 heterocycles. The fourth-order valence-corrected chi connectivity index (χ4v) is 1.47. The van der Waals surface area contributed by atoms with Gasteiger partial charge in [-0.05, 0) is 17.7 Å². The lowest BCUT2D eigenvalue weighted by Crippen LogP contribution is -2.06. The van der Waals surface area contributed by atoms with Crippen molar-refractivity contribution in [3.63, 3.8) is 0 Å². The van der Waals surface area contributed by atoms with Crippen LogP contribution in [0.15, 0.2) is 30.9 Å². The summed E-state index contributed by atoms with van der Waals surface area (Å²) in [5.74, 6) is 1.28. The Labute approximate surface area is 96.3 Å². The molecule has 2 atom stereocenters. The lowest BCUT2D eigenvalue weighted by molar-refractivity contribution is 0.139. The average molecular weight is 222 g/mol. The Morgan fingerprint density at radius 1 is 1.25 bits per heavy atom. The van der Waals surface area contributed by atoms with Crippen LogP contribution in [-0.2, 0) is 0 Å². The van der Waals surface area contributed by atoms with Gasteiger partial charge in [-0.1, -0.05) is 19.1 Å². The molecule has 3 nitrogen and oxygen atoms in total. The Hall–Kier alpha value is -1.48. The quantitative estimate of drug-likeness (QED) is 0.778. The number of hydrogen-bond acceptors (Lipinski definition) is 3. The van der Waals surface area contributed by atoms with Gasteiger partial charge in [-0.3, -0.25) is 0 Å².